The Hall–Kier alpha value is -1.56. The third-order valence-electron chi connectivity index (χ3n) is 2.80. The Morgan fingerprint density at radius 2 is 2.29 bits per heavy atom. The number of hydrogen-bond donors (Lipinski definition) is 3. The number of hydrogen-bond acceptors (Lipinski definition) is 5. The van der Waals surface area contributed by atoms with Crippen molar-refractivity contribution < 1.29 is 0 Å². The van der Waals surface area contributed by atoms with Gasteiger partial charge in [-0.25, -0.2) is 0 Å². The molecule has 17 heavy (non-hydrogen) atoms. The molecule has 0 aliphatic carbocycles. The Morgan fingerprint density at radius 1 is 1.47 bits per heavy atom. The van der Waals surface area contributed by atoms with Gasteiger partial charge in [-0.3, -0.25) is 5.10 Å². The molecule has 0 aliphatic heterocycles. The van der Waals surface area contributed by atoms with Gasteiger partial charge in [-0.15, -0.1) is 0 Å². The molecule has 0 bridgehead atoms. The first-order valence-corrected chi connectivity index (χ1v) is 6.40. The van der Waals surface area contributed by atoms with E-state index in [-0.39, 0.29) is 0 Å². The second kappa shape index (κ2) is 5.18. The summed E-state index contributed by atoms with van der Waals surface area (Å²) in [6.07, 6.45) is 3.99. The fraction of sp³-hybridized carbons (Fsp3) is 0.455. The average Bonchev–Trinajstić information content (AvgIpc) is 2.85. The van der Waals surface area contributed by atoms with Gasteiger partial charge in [-0.2, -0.15) is 9.47 Å². The number of nitrogens with two attached hydrogens (primary N) is 1. The molecular weight excluding hydrogens is 234 g/mol. The summed E-state index contributed by atoms with van der Waals surface area (Å²) in [7, 11) is 0. The molecule has 2 heterocycles. The molecule has 0 amide bonds. The highest BCUT2D eigenvalue weighted by atomic mass is 32.1. The van der Waals surface area contributed by atoms with Gasteiger partial charge in [0.1, 0.15) is 10.8 Å². The predicted octanol–water partition coefficient (Wildman–Crippen LogP) is 2.11. The summed E-state index contributed by atoms with van der Waals surface area (Å²) < 4.78 is 4.10. The van der Waals surface area contributed by atoms with Crippen molar-refractivity contribution >= 4 is 22.4 Å². The number of aromatic amines is 1. The van der Waals surface area contributed by atoms with Crippen LogP contribution in [0.15, 0.2) is 6.20 Å². The Labute approximate surface area is 105 Å². The van der Waals surface area contributed by atoms with Crippen LogP contribution in [-0.4, -0.2) is 21.1 Å². The Balaban J connectivity index is 1.77. The molecule has 4 N–H and O–H groups in total. The number of anilines is 2. The minimum atomic E-state index is 0.628. The largest absolute Gasteiger partial charge is 0.383 e. The Morgan fingerprint density at radius 3 is 2.88 bits per heavy atom. The van der Waals surface area contributed by atoms with Gasteiger partial charge < -0.3 is 11.1 Å². The summed E-state index contributed by atoms with van der Waals surface area (Å²) in [6, 6.07) is 0. The van der Waals surface area contributed by atoms with Crippen molar-refractivity contribution in [3.8, 4) is 0 Å². The summed E-state index contributed by atoms with van der Waals surface area (Å²) in [5, 5.41) is 11.4. The Bertz CT molecular complexity index is 488. The molecule has 0 unspecified atom stereocenters. The van der Waals surface area contributed by atoms with Gasteiger partial charge >= 0.3 is 0 Å². The molecule has 92 valence electrons. The maximum atomic E-state index is 5.69. The first-order chi connectivity index (χ1) is 8.18. The van der Waals surface area contributed by atoms with Gasteiger partial charge in [-0.1, -0.05) is 0 Å². The van der Waals surface area contributed by atoms with Gasteiger partial charge in [0, 0.05) is 17.8 Å². The van der Waals surface area contributed by atoms with Crippen LogP contribution in [0.25, 0.3) is 0 Å². The van der Waals surface area contributed by atoms with Gasteiger partial charge in [-0.05, 0) is 43.8 Å². The van der Waals surface area contributed by atoms with Crippen molar-refractivity contribution in [1.29, 1.82) is 0 Å². The van der Waals surface area contributed by atoms with Crippen molar-refractivity contribution in [2.75, 3.05) is 17.6 Å². The average molecular weight is 251 g/mol. The normalized spacial score (nSPS) is 10.7. The molecule has 2 aromatic rings. The summed E-state index contributed by atoms with van der Waals surface area (Å²) in [5.74, 6) is 0.628. The number of nitrogens with one attached hydrogen (secondary N) is 2. The highest BCUT2D eigenvalue weighted by Gasteiger charge is 2.05. The molecule has 2 rings (SSSR count). The van der Waals surface area contributed by atoms with Crippen LogP contribution in [0.2, 0.25) is 0 Å². The van der Waals surface area contributed by atoms with Gasteiger partial charge in [0.25, 0.3) is 0 Å². The first-order valence-electron chi connectivity index (χ1n) is 5.63. The molecule has 6 heteroatoms. The molecule has 0 atom stereocenters. The third kappa shape index (κ3) is 2.76. The van der Waals surface area contributed by atoms with E-state index in [2.05, 4.69) is 19.9 Å². The first kappa shape index (κ1) is 11.9. The zero-order valence-electron chi connectivity index (χ0n) is 10.1. The minimum absolute atomic E-state index is 0.628. The smallest absolute Gasteiger partial charge is 0.142 e. The topological polar surface area (TPSA) is 79.6 Å². The lowest BCUT2D eigenvalue weighted by Gasteiger charge is -2.04. The third-order valence-corrected chi connectivity index (χ3v) is 3.72. The lowest BCUT2D eigenvalue weighted by Crippen LogP contribution is -2.03. The standard InChI is InChI=1S/C11H17N5S/c1-7-10(12)16-17-11(7)13-5-3-4-9-6-14-15-8(9)2/h6,13H,3-5H2,1-2H3,(H2,12,16)(H,14,15). The van der Waals surface area contributed by atoms with E-state index in [9.17, 15) is 0 Å². The molecule has 0 radical (unpaired) electrons. The van der Waals surface area contributed by atoms with E-state index in [0.29, 0.717) is 5.82 Å². The summed E-state index contributed by atoms with van der Waals surface area (Å²) in [5.41, 5.74) is 9.18. The molecule has 0 saturated heterocycles. The second-order valence-corrected chi connectivity index (χ2v) is 4.85. The van der Waals surface area contributed by atoms with Crippen LogP contribution in [-0.2, 0) is 6.42 Å². The van der Waals surface area contributed by atoms with Crippen LogP contribution in [0.5, 0.6) is 0 Å². The maximum Gasteiger partial charge on any atom is 0.142 e. The zero-order valence-corrected chi connectivity index (χ0v) is 10.9. The fourth-order valence-corrected chi connectivity index (χ4v) is 2.36. The van der Waals surface area contributed by atoms with E-state index in [1.807, 2.05) is 20.0 Å². The van der Waals surface area contributed by atoms with Crippen molar-refractivity contribution in [3.63, 3.8) is 0 Å². The van der Waals surface area contributed by atoms with Gasteiger partial charge in [0.2, 0.25) is 0 Å². The summed E-state index contributed by atoms with van der Waals surface area (Å²) in [6.45, 7) is 4.96. The summed E-state index contributed by atoms with van der Waals surface area (Å²) >= 11 is 1.42. The number of aryl methyl sites for hydroxylation is 2. The zero-order chi connectivity index (χ0) is 12.3. The molecule has 0 aromatic carbocycles. The van der Waals surface area contributed by atoms with Crippen LogP contribution in [0.3, 0.4) is 0 Å². The SMILES string of the molecule is Cc1[nH]ncc1CCCNc1snc(N)c1C. The second-order valence-electron chi connectivity index (χ2n) is 4.07. The van der Waals surface area contributed by atoms with E-state index in [4.69, 9.17) is 5.73 Å². The van der Waals surface area contributed by atoms with Crippen molar-refractivity contribution in [1.82, 2.24) is 14.6 Å². The van der Waals surface area contributed by atoms with Crippen LogP contribution < -0.4 is 11.1 Å². The number of nitrogens with zero attached hydrogens (tertiary/aromatic N) is 2. The molecule has 5 nitrogen and oxygen atoms in total. The fourth-order valence-electron chi connectivity index (χ4n) is 1.62. The lowest BCUT2D eigenvalue weighted by molar-refractivity contribution is 0.858. The van der Waals surface area contributed by atoms with E-state index >= 15 is 0 Å². The highest BCUT2D eigenvalue weighted by Crippen LogP contribution is 2.25. The molecule has 0 saturated carbocycles. The molecule has 0 spiro atoms. The summed E-state index contributed by atoms with van der Waals surface area (Å²) in [4.78, 5) is 0. The van der Waals surface area contributed by atoms with E-state index in [1.165, 1.54) is 17.1 Å². The van der Waals surface area contributed by atoms with Crippen LogP contribution >= 0.6 is 11.5 Å². The van der Waals surface area contributed by atoms with Crippen LogP contribution in [0.1, 0.15) is 23.2 Å². The number of nitrogen functional groups attached to an aromatic ring is 1. The quantitative estimate of drug-likeness (QED) is 0.711. The van der Waals surface area contributed by atoms with Crippen molar-refractivity contribution in [2.24, 2.45) is 0 Å². The number of aromatic nitrogens is 3. The molecule has 0 aliphatic rings. The van der Waals surface area contributed by atoms with E-state index < -0.39 is 0 Å². The minimum Gasteiger partial charge on any atom is -0.383 e. The van der Waals surface area contributed by atoms with Gasteiger partial charge in [0.05, 0.1) is 6.20 Å². The van der Waals surface area contributed by atoms with E-state index in [0.717, 1.165) is 35.6 Å². The lowest BCUT2D eigenvalue weighted by atomic mass is 10.1. The van der Waals surface area contributed by atoms with Crippen molar-refractivity contribution in [2.45, 2.75) is 26.7 Å². The molecular formula is C11H17N5S. The van der Waals surface area contributed by atoms with E-state index in [1.54, 1.807) is 0 Å². The molecule has 0 fully saturated rings. The van der Waals surface area contributed by atoms with Crippen LogP contribution in [0, 0.1) is 13.8 Å². The monoisotopic (exact) mass is 251 g/mol. The highest BCUT2D eigenvalue weighted by molar-refractivity contribution is 7.10. The molecule has 2 aromatic heterocycles. The van der Waals surface area contributed by atoms with Crippen LogP contribution in [0.4, 0.5) is 10.8 Å². The van der Waals surface area contributed by atoms with Gasteiger partial charge in [0.15, 0.2) is 0 Å². The number of H-pyrrole nitrogens is 1. The Kier molecular flexibility index (Phi) is 3.63. The predicted molar refractivity (Wildman–Crippen MR) is 71.4 cm³/mol. The maximum absolute atomic E-state index is 5.69. The number of rotatable bonds is 5. The van der Waals surface area contributed by atoms with Crippen molar-refractivity contribution in [3.05, 3.63) is 23.0 Å².